The Kier molecular flexibility index (Phi) is 5.19. The molecule has 1 N–H and O–H groups in total. The Morgan fingerprint density at radius 3 is 2.84 bits per heavy atom. The van der Waals surface area contributed by atoms with Crippen LogP contribution in [0.5, 0.6) is 5.75 Å². The molecule has 25 heavy (non-hydrogen) atoms. The summed E-state index contributed by atoms with van der Waals surface area (Å²) in [5.41, 5.74) is 3.16. The molecule has 0 aliphatic carbocycles. The van der Waals surface area contributed by atoms with Crippen molar-refractivity contribution in [1.29, 1.82) is 0 Å². The minimum atomic E-state index is -0.146. The third-order valence-corrected chi connectivity index (χ3v) is 4.77. The van der Waals surface area contributed by atoms with E-state index in [9.17, 15) is 4.79 Å². The van der Waals surface area contributed by atoms with Crippen LogP contribution in [0.15, 0.2) is 41.8 Å². The lowest BCUT2D eigenvalue weighted by Crippen LogP contribution is -2.11. The van der Waals surface area contributed by atoms with Gasteiger partial charge in [0.2, 0.25) is 0 Å². The topological polar surface area (TPSA) is 56.2 Å². The number of carbonyl (C=O) groups is 1. The standard InChI is InChI=1S/C19H21N3O2S/c1-4-22-14(3)9-18(21-22)20-19(23)17-10-15(12-25-17)11-24-16-7-5-6-13(2)8-16/h5-10,12H,4,11H2,1-3H3,(H,20,21,23). The molecule has 2 aromatic heterocycles. The van der Waals surface area contributed by atoms with E-state index in [2.05, 4.69) is 10.4 Å². The first-order valence-electron chi connectivity index (χ1n) is 8.18. The number of hydrogen-bond donors (Lipinski definition) is 1. The molecular formula is C19H21N3O2S. The van der Waals surface area contributed by atoms with Crippen LogP contribution in [0, 0.1) is 13.8 Å². The van der Waals surface area contributed by atoms with E-state index in [1.54, 1.807) is 0 Å². The molecule has 0 bridgehead atoms. The van der Waals surface area contributed by atoms with Gasteiger partial charge in [0.1, 0.15) is 12.4 Å². The van der Waals surface area contributed by atoms with E-state index in [0.717, 1.165) is 29.1 Å². The summed E-state index contributed by atoms with van der Waals surface area (Å²) in [6.07, 6.45) is 0. The normalized spacial score (nSPS) is 10.7. The molecule has 6 heteroatoms. The van der Waals surface area contributed by atoms with Crippen LogP contribution in [0.4, 0.5) is 5.82 Å². The first kappa shape index (κ1) is 17.2. The molecule has 0 atom stereocenters. The molecule has 1 aromatic carbocycles. The largest absolute Gasteiger partial charge is 0.489 e. The molecule has 1 amide bonds. The first-order valence-corrected chi connectivity index (χ1v) is 9.06. The second kappa shape index (κ2) is 7.53. The fourth-order valence-electron chi connectivity index (χ4n) is 2.51. The molecule has 0 spiro atoms. The van der Waals surface area contributed by atoms with Gasteiger partial charge < -0.3 is 10.1 Å². The van der Waals surface area contributed by atoms with Crippen LogP contribution in [-0.2, 0) is 13.2 Å². The lowest BCUT2D eigenvalue weighted by molar-refractivity contribution is 0.103. The Bertz CT molecular complexity index is 882. The van der Waals surface area contributed by atoms with Crippen LogP contribution >= 0.6 is 11.3 Å². The zero-order valence-corrected chi connectivity index (χ0v) is 15.4. The van der Waals surface area contributed by atoms with E-state index < -0.39 is 0 Å². The summed E-state index contributed by atoms with van der Waals surface area (Å²) in [6, 6.07) is 11.7. The molecule has 0 saturated carbocycles. The predicted molar refractivity (Wildman–Crippen MR) is 100 cm³/mol. The molecule has 3 rings (SSSR count). The monoisotopic (exact) mass is 355 g/mol. The van der Waals surface area contributed by atoms with Crippen LogP contribution in [0.3, 0.4) is 0 Å². The SMILES string of the molecule is CCn1nc(NC(=O)c2cc(COc3cccc(C)c3)cs2)cc1C. The van der Waals surface area contributed by atoms with Gasteiger partial charge in [-0.05, 0) is 49.9 Å². The van der Waals surface area contributed by atoms with Gasteiger partial charge in [-0.1, -0.05) is 12.1 Å². The van der Waals surface area contributed by atoms with Crippen LogP contribution in [0.25, 0.3) is 0 Å². The molecule has 130 valence electrons. The number of aromatic nitrogens is 2. The second-order valence-electron chi connectivity index (χ2n) is 5.87. The van der Waals surface area contributed by atoms with Crippen molar-refractivity contribution in [3.63, 3.8) is 0 Å². The smallest absolute Gasteiger partial charge is 0.266 e. The van der Waals surface area contributed by atoms with Gasteiger partial charge in [0.25, 0.3) is 5.91 Å². The van der Waals surface area contributed by atoms with E-state index in [1.807, 2.05) is 67.2 Å². The number of aryl methyl sites for hydroxylation is 3. The Morgan fingerprint density at radius 1 is 1.28 bits per heavy atom. The third kappa shape index (κ3) is 4.28. The van der Waals surface area contributed by atoms with Crippen LogP contribution in [0.2, 0.25) is 0 Å². The van der Waals surface area contributed by atoms with Crippen molar-refractivity contribution in [3.8, 4) is 5.75 Å². The molecule has 3 aromatic rings. The fourth-order valence-corrected chi connectivity index (χ4v) is 3.30. The number of thiophene rings is 1. The highest BCUT2D eigenvalue weighted by Crippen LogP contribution is 2.20. The molecule has 0 radical (unpaired) electrons. The summed E-state index contributed by atoms with van der Waals surface area (Å²) in [7, 11) is 0. The number of benzene rings is 1. The second-order valence-corrected chi connectivity index (χ2v) is 6.78. The van der Waals surface area contributed by atoms with Crippen molar-refractivity contribution in [1.82, 2.24) is 9.78 Å². The van der Waals surface area contributed by atoms with Gasteiger partial charge in [0.05, 0.1) is 4.88 Å². The van der Waals surface area contributed by atoms with Crippen molar-refractivity contribution in [2.75, 3.05) is 5.32 Å². The Balaban J connectivity index is 1.61. The van der Waals surface area contributed by atoms with Gasteiger partial charge in [-0.2, -0.15) is 5.10 Å². The summed E-state index contributed by atoms with van der Waals surface area (Å²) in [4.78, 5) is 13.0. The highest BCUT2D eigenvalue weighted by atomic mass is 32.1. The van der Waals surface area contributed by atoms with E-state index in [4.69, 9.17) is 4.74 Å². The van der Waals surface area contributed by atoms with Crippen molar-refractivity contribution < 1.29 is 9.53 Å². The number of anilines is 1. The van der Waals surface area contributed by atoms with Crippen LogP contribution in [0.1, 0.15) is 33.4 Å². The average molecular weight is 355 g/mol. The molecule has 0 aliphatic rings. The van der Waals surface area contributed by atoms with E-state index >= 15 is 0 Å². The molecule has 0 aliphatic heterocycles. The van der Waals surface area contributed by atoms with E-state index in [1.165, 1.54) is 11.3 Å². The van der Waals surface area contributed by atoms with Gasteiger partial charge >= 0.3 is 0 Å². The lowest BCUT2D eigenvalue weighted by atomic mass is 10.2. The lowest BCUT2D eigenvalue weighted by Gasteiger charge is -2.05. The van der Waals surface area contributed by atoms with Crippen LogP contribution in [-0.4, -0.2) is 15.7 Å². The molecular weight excluding hydrogens is 334 g/mol. The van der Waals surface area contributed by atoms with Gasteiger partial charge in [-0.3, -0.25) is 9.48 Å². The van der Waals surface area contributed by atoms with Crippen molar-refractivity contribution in [3.05, 3.63) is 63.5 Å². The van der Waals surface area contributed by atoms with E-state index in [-0.39, 0.29) is 5.91 Å². The average Bonchev–Trinajstić information content (AvgIpc) is 3.19. The summed E-state index contributed by atoms with van der Waals surface area (Å²) >= 11 is 1.41. The Labute approximate surface area is 151 Å². The third-order valence-electron chi connectivity index (χ3n) is 3.79. The fraction of sp³-hybridized carbons (Fsp3) is 0.263. The van der Waals surface area contributed by atoms with Gasteiger partial charge in [-0.25, -0.2) is 0 Å². The van der Waals surface area contributed by atoms with Crippen molar-refractivity contribution >= 4 is 23.1 Å². The number of nitrogens with zero attached hydrogens (tertiary/aromatic N) is 2. The quantitative estimate of drug-likeness (QED) is 0.712. The first-order chi connectivity index (χ1) is 12.0. The van der Waals surface area contributed by atoms with Crippen molar-refractivity contribution in [2.45, 2.75) is 33.9 Å². The molecule has 0 saturated heterocycles. The minimum absolute atomic E-state index is 0.146. The summed E-state index contributed by atoms with van der Waals surface area (Å²) < 4.78 is 7.63. The van der Waals surface area contributed by atoms with E-state index in [0.29, 0.717) is 17.3 Å². The van der Waals surface area contributed by atoms with Crippen molar-refractivity contribution in [2.24, 2.45) is 0 Å². The maximum atomic E-state index is 12.4. The molecule has 0 fully saturated rings. The molecule has 2 heterocycles. The van der Waals surface area contributed by atoms with Gasteiger partial charge in [0, 0.05) is 23.9 Å². The van der Waals surface area contributed by atoms with Gasteiger partial charge in [0.15, 0.2) is 5.82 Å². The number of amides is 1. The number of carbonyl (C=O) groups excluding carboxylic acids is 1. The minimum Gasteiger partial charge on any atom is -0.489 e. The Morgan fingerprint density at radius 2 is 2.12 bits per heavy atom. The van der Waals surface area contributed by atoms with Crippen LogP contribution < -0.4 is 10.1 Å². The zero-order chi connectivity index (χ0) is 17.8. The zero-order valence-electron chi connectivity index (χ0n) is 14.6. The van der Waals surface area contributed by atoms with Gasteiger partial charge in [-0.15, -0.1) is 11.3 Å². The number of rotatable bonds is 6. The maximum absolute atomic E-state index is 12.4. The molecule has 5 nitrogen and oxygen atoms in total. The number of hydrogen-bond acceptors (Lipinski definition) is 4. The number of nitrogens with one attached hydrogen (secondary N) is 1. The highest BCUT2D eigenvalue weighted by molar-refractivity contribution is 7.12. The summed E-state index contributed by atoms with van der Waals surface area (Å²) in [5.74, 6) is 1.26. The Hall–Kier alpha value is -2.60. The summed E-state index contributed by atoms with van der Waals surface area (Å²) in [6.45, 7) is 7.24. The predicted octanol–water partition coefficient (Wildman–Crippen LogP) is 4.41. The molecule has 0 unspecified atom stereocenters. The maximum Gasteiger partial charge on any atom is 0.266 e. The summed E-state index contributed by atoms with van der Waals surface area (Å²) in [5, 5.41) is 9.14. The number of ether oxygens (including phenoxy) is 1. The highest BCUT2D eigenvalue weighted by Gasteiger charge is 2.12.